The summed E-state index contributed by atoms with van der Waals surface area (Å²) < 4.78 is 0. The summed E-state index contributed by atoms with van der Waals surface area (Å²) in [7, 11) is 3.10. The summed E-state index contributed by atoms with van der Waals surface area (Å²) in [6.07, 6.45) is 3.26. The summed E-state index contributed by atoms with van der Waals surface area (Å²) in [5.41, 5.74) is 3.48. The van der Waals surface area contributed by atoms with Gasteiger partial charge in [0.05, 0.1) is 25.2 Å². The van der Waals surface area contributed by atoms with Gasteiger partial charge in [-0.15, -0.1) is 0 Å². The number of likely N-dealkylation sites (N-methyl/N-ethyl adjacent to an activating group) is 2. The van der Waals surface area contributed by atoms with E-state index in [2.05, 4.69) is 31.4 Å². The van der Waals surface area contributed by atoms with Gasteiger partial charge in [0, 0.05) is 69.9 Å². The number of Topliss-reactive ketones (excluding diaryl/α,β-unsaturated/α-hetero) is 4. The number of amides is 4. The van der Waals surface area contributed by atoms with E-state index in [0.29, 0.717) is 44.1 Å². The van der Waals surface area contributed by atoms with Crippen molar-refractivity contribution in [2.24, 2.45) is 40.4 Å². The number of benzene rings is 4. The Morgan fingerprint density at radius 3 is 1.15 bits per heavy atom. The molecule has 0 aromatic heterocycles. The molecular weight excluding hydrogens is 1080 g/mol. The first-order valence-corrected chi connectivity index (χ1v) is 29.8. The SMILES string of the molecule is CC(C)C[C@@H](CC(=O)[C@H](Cc1ccc(O)cc1)NC(=O)[C@H](C)Cc1ccccc1)C(=O)N(C)CC(=O)CCC(C)(C)C.C[C@H](Cc1ccccc1)C(=O)N[C@@H](Cc1ccc(O)cc1)C(=O)C[C@@H](CCC(=O)O)C(=O)N(C)CC(=O)CCC(C)(C)C. The second kappa shape index (κ2) is 35.1. The average Bonchev–Trinajstić information content (AvgIpc) is 3.61. The van der Waals surface area contributed by atoms with E-state index >= 15 is 0 Å². The Hall–Kier alpha value is -7.49. The molecule has 0 aliphatic carbocycles. The third-order valence-electron chi connectivity index (χ3n) is 14.8. The first kappa shape index (κ1) is 71.8. The van der Waals surface area contributed by atoms with Crippen molar-refractivity contribution in [3.8, 4) is 11.5 Å². The Labute approximate surface area is 504 Å². The molecule has 4 aromatic rings. The number of carboxylic acid groups (broad SMARTS) is 1. The molecule has 0 aliphatic rings. The van der Waals surface area contributed by atoms with Gasteiger partial charge in [-0.3, -0.25) is 43.2 Å². The minimum absolute atomic E-state index is 0.000252. The van der Waals surface area contributed by atoms with E-state index in [1.54, 1.807) is 50.4 Å². The molecule has 16 heteroatoms. The largest absolute Gasteiger partial charge is 0.508 e. The van der Waals surface area contributed by atoms with Crippen molar-refractivity contribution >= 4 is 52.7 Å². The molecule has 5 N–H and O–H groups in total. The third-order valence-corrected chi connectivity index (χ3v) is 14.8. The lowest BCUT2D eigenvalue weighted by Gasteiger charge is -2.27. The van der Waals surface area contributed by atoms with Crippen molar-refractivity contribution in [2.45, 2.75) is 165 Å². The molecule has 6 atom stereocenters. The lowest BCUT2D eigenvalue weighted by Crippen LogP contribution is -2.46. The Morgan fingerprint density at radius 2 is 0.812 bits per heavy atom. The molecule has 85 heavy (non-hydrogen) atoms. The van der Waals surface area contributed by atoms with Crippen molar-refractivity contribution in [3.63, 3.8) is 0 Å². The van der Waals surface area contributed by atoms with Crippen LogP contribution in [-0.2, 0) is 68.8 Å². The van der Waals surface area contributed by atoms with E-state index in [4.69, 9.17) is 0 Å². The summed E-state index contributed by atoms with van der Waals surface area (Å²) >= 11 is 0. The number of aromatic hydroxyl groups is 2. The fraction of sp³-hybridized carbons (Fsp3) is 0.522. The number of phenols is 2. The van der Waals surface area contributed by atoms with E-state index < -0.39 is 47.5 Å². The van der Waals surface area contributed by atoms with E-state index in [0.717, 1.165) is 23.1 Å². The Bertz CT molecular complexity index is 2790. The van der Waals surface area contributed by atoms with Crippen molar-refractivity contribution in [2.75, 3.05) is 27.2 Å². The van der Waals surface area contributed by atoms with Crippen LogP contribution in [0.5, 0.6) is 11.5 Å². The number of carbonyl (C=O) groups excluding carboxylic acids is 8. The highest BCUT2D eigenvalue weighted by Gasteiger charge is 2.34. The maximum Gasteiger partial charge on any atom is 0.303 e. The van der Waals surface area contributed by atoms with Crippen molar-refractivity contribution in [1.82, 2.24) is 20.4 Å². The molecule has 4 aromatic carbocycles. The zero-order chi connectivity index (χ0) is 63.6. The third kappa shape index (κ3) is 28.8. The van der Waals surface area contributed by atoms with E-state index in [1.807, 2.05) is 102 Å². The zero-order valence-corrected chi connectivity index (χ0v) is 52.5. The van der Waals surface area contributed by atoms with E-state index in [1.165, 1.54) is 29.0 Å². The normalized spacial score (nSPS) is 13.6. The van der Waals surface area contributed by atoms with Gasteiger partial charge >= 0.3 is 5.97 Å². The molecule has 0 heterocycles. The topological polar surface area (TPSA) is 245 Å². The monoisotopic (exact) mass is 1170 g/mol. The predicted molar refractivity (Wildman–Crippen MR) is 331 cm³/mol. The molecule has 0 radical (unpaired) electrons. The number of carboxylic acids is 1. The summed E-state index contributed by atoms with van der Waals surface area (Å²) in [5, 5.41) is 34.5. The van der Waals surface area contributed by atoms with Gasteiger partial charge in [0.2, 0.25) is 23.6 Å². The maximum absolute atomic E-state index is 13.8. The van der Waals surface area contributed by atoms with Crippen molar-refractivity contribution < 1.29 is 58.5 Å². The first-order valence-electron chi connectivity index (χ1n) is 29.8. The predicted octanol–water partition coefficient (Wildman–Crippen LogP) is 10.4. The molecule has 16 nitrogen and oxygen atoms in total. The number of phenolic OH excluding ortho intramolecular Hbond substituents is 2. The van der Waals surface area contributed by atoms with Gasteiger partial charge in [-0.05, 0) is 115 Å². The van der Waals surface area contributed by atoms with Crippen LogP contribution in [0.4, 0.5) is 0 Å². The number of ketones is 4. The van der Waals surface area contributed by atoms with Gasteiger partial charge in [0.1, 0.15) is 11.5 Å². The van der Waals surface area contributed by atoms with Crippen LogP contribution in [0.1, 0.15) is 149 Å². The molecule has 0 saturated heterocycles. The smallest absolute Gasteiger partial charge is 0.303 e. The number of carbonyl (C=O) groups is 9. The second-order valence-electron chi connectivity index (χ2n) is 25.9. The summed E-state index contributed by atoms with van der Waals surface area (Å²) in [6.45, 7) is 19.8. The molecule has 0 spiro atoms. The van der Waals surface area contributed by atoms with Crippen LogP contribution >= 0.6 is 0 Å². The zero-order valence-electron chi connectivity index (χ0n) is 52.5. The Morgan fingerprint density at radius 1 is 0.471 bits per heavy atom. The molecule has 0 fully saturated rings. The summed E-state index contributed by atoms with van der Waals surface area (Å²) in [4.78, 5) is 120. The number of nitrogens with one attached hydrogen (secondary N) is 2. The first-order chi connectivity index (χ1) is 39.8. The van der Waals surface area contributed by atoms with Gasteiger partial charge in [0.25, 0.3) is 0 Å². The quantitative estimate of drug-likeness (QED) is 0.0299. The average molecular weight is 1170 g/mol. The van der Waals surface area contributed by atoms with Gasteiger partial charge in [-0.1, -0.05) is 154 Å². The standard InChI is InChI=1S/C35H50N2O5.C34H46N2O7/c1-24(2)19-28(34(42)37(7)23-30(39)17-18-35(4,5)6)22-32(40)31(21-27-13-15-29(38)16-14-27)36-33(41)25(3)20-26-11-9-8-10-12-26;1-23(19-24-9-7-6-8-10-24)32(42)35-29(20-25-11-14-27(37)15-12-25)30(39)21-26(13-16-31(40)41)33(43)36(5)22-28(38)17-18-34(2,3)4/h8-16,24-25,28,31,38H,17-23H2,1-7H3,(H,36,41);6-12,14-15,23,26,29,37H,13,16-22H2,1-5H3,(H,35,42)(H,40,41)/t25-,28+,31+;23-,26-,29+/m11/s1. The second-order valence-corrected chi connectivity index (χ2v) is 25.9. The van der Waals surface area contributed by atoms with E-state index in [9.17, 15) is 58.5 Å². The van der Waals surface area contributed by atoms with Gasteiger partial charge in [-0.2, -0.15) is 0 Å². The van der Waals surface area contributed by atoms with Crippen LogP contribution in [0, 0.1) is 40.4 Å². The van der Waals surface area contributed by atoms with Crippen molar-refractivity contribution in [3.05, 3.63) is 131 Å². The number of nitrogens with zero attached hydrogens (tertiary/aromatic N) is 2. The van der Waals surface area contributed by atoms with Crippen molar-refractivity contribution in [1.29, 1.82) is 0 Å². The number of aliphatic carboxylic acids is 1. The van der Waals surface area contributed by atoms with Crippen LogP contribution in [0.25, 0.3) is 0 Å². The lowest BCUT2D eigenvalue weighted by atomic mass is 9.87. The molecule has 0 bridgehead atoms. The summed E-state index contributed by atoms with van der Waals surface area (Å²) in [6, 6.07) is 30.3. The highest BCUT2D eigenvalue weighted by atomic mass is 16.4. The molecule has 0 unspecified atom stereocenters. The minimum Gasteiger partial charge on any atom is -0.508 e. The van der Waals surface area contributed by atoms with Crippen LogP contribution in [-0.4, -0.2) is 117 Å². The lowest BCUT2D eigenvalue weighted by molar-refractivity contribution is -0.142. The van der Waals surface area contributed by atoms with Gasteiger partial charge in [-0.25, -0.2) is 0 Å². The van der Waals surface area contributed by atoms with Gasteiger partial charge in [0.15, 0.2) is 23.1 Å². The fourth-order valence-electron chi connectivity index (χ4n) is 9.69. The molecule has 4 rings (SSSR count). The van der Waals surface area contributed by atoms with Crippen LogP contribution in [0.2, 0.25) is 0 Å². The van der Waals surface area contributed by atoms with Crippen LogP contribution in [0.3, 0.4) is 0 Å². The van der Waals surface area contributed by atoms with Crippen LogP contribution in [0.15, 0.2) is 109 Å². The highest BCUT2D eigenvalue weighted by molar-refractivity contribution is 5.95. The summed E-state index contributed by atoms with van der Waals surface area (Å²) in [5.74, 6) is -5.14. The number of hydrogen-bond acceptors (Lipinski definition) is 11. The molecule has 0 saturated carbocycles. The maximum atomic E-state index is 13.8. The Kier molecular flexibility index (Phi) is 29.6. The van der Waals surface area contributed by atoms with Gasteiger partial charge < -0.3 is 35.8 Å². The highest BCUT2D eigenvalue weighted by Crippen LogP contribution is 2.25. The minimum atomic E-state index is -1.10. The molecule has 0 aliphatic heterocycles. The molecule has 464 valence electrons. The van der Waals surface area contributed by atoms with E-state index in [-0.39, 0.29) is 121 Å². The molecule has 4 amide bonds. The van der Waals surface area contributed by atoms with Crippen LogP contribution < -0.4 is 10.6 Å². The molecular formula is C69H96N4O12. The number of rotatable bonds is 33. The fourth-order valence-corrected chi connectivity index (χ4v) is 9.69. The Balaban J connectivity index is 0.000000445. The number of hydrogen-bond donors (Lipinski definition) is 5.